The summed E-state index contributed by atoms with van der Waals surface area (Å²) in [5.41, 5.74) is 2.16. The quantitative estimate of drug-likeness (QED) is 0.571. The first-order valence-corrected chi connectivity index (χ1v) is 13.6. The third-order valence-electron chi connectivity index (χ3n) is 7.35. The first-order valence-electron chi connectivity index (χ1n) is 12.1. The predicted molar refractivity (Wildman–Crippen MR) is 131 cm³/mol. The molecule has 2 aromatic rings. The number of carbonyl (C=O) groups is 1. The first kappa shape index (κ1) is 24.9. The number of rotatable bonds is 6. The number of halogens is 1. The van der Waals surface area contributed by atoms with Gasteiger partial charge in [0.25, 0.3) is 0 Å². The Morgan fingerprint density at radius 3 is 2.29 bits per heavy atom. The number of sulfonamides is 1. The van der Waals surface area contributed by atoms with Crippen molar-refractivity contribution in [3.05, 3.63) is 65.7 Å². The molecule has 34 heavy (non-hydrogen) atoms. The number of benzene rings is 2. The van der Waals surface area contributed by atoms with Gasteiger partial charge in [-0.1, -0.05) is 61.9 Å². The van der Waals surface area contributed by atoms with Crippen molar-refractivity contribution in [3.63, 3.8) is 0 Å². The third kappa shape index (κ3) is 5.36. The number of nitrogens with zero attached hydrogens (tertiary/aromatic N) is 2. The Morgan fingerprint density at radius 1 is 1.06 bits per heavy atom. The summed E-state index contributed by atoms with van der Waals surface area (Å²) in [7, 11) is -3.99. The van der Waals surface area contributed by atoms with Crippen LogP contribution in [0.5, 0.6) is 0 Å². The van der Waals surface area contributed by atoms with Gasteiger partial charge in [0.1, 0.15) is 12.2 Å². The molecular weight excluding hydrogens is 451 g/mol. The van der Waals surface area contributed by atoms with E-state index in [4.69, 9.17) is 0 Å². The van der Waals surface area contributed by atoms with Crippen molar-refractivity contribution in [2.75, 3.05) is 6.54 Å². The van der Waals surface area contributed by atoms with Crippen LogP contribution in [0.15, 0.2) is 59.5 Å². The number of hydrogen-bond acceptors (Lipinski definition) is 3. The molecule has 0 N–H and O–H groups in total. The number of alkyl halides is 1. The van der Waals surface area contributed by atoms with Crippen LogP contribution < -0.4 is 0 Å². The van der Waals surface area contributed by atoms with E-state index in [2.05, 4.69) is 13.8 Å². The van der Waals surface area contributed by atoms with Gasteiger partial charge in [-0.2, -0.15) is 4.31 Å². The maximum atomic E-state index is 14.7. The van der Waals surface area contributed by atoms with Gasteiger partial charge in [0, 0.05) is 25.6 Å². The Morgan fingerprint density at radius 2 is 1.68 bits per heavy atom. The van der Waals surface area contributed by atoms with Gasteiger partial charge in [-0.25, -0.2) is 12.8 Å². The fraction of sp³-hybridized carbons (Fsp3) is 0.519. The number of aryl methyl sites for hydroxylation is 1. The molecule has 0 bridgehead atoms. The minimum absolute atomic E-state index is 0.0170. The second kappa shape index (κ2) is 9.78. The van der Waals surface area contributed by atoms with Crippen LogP contribution in [0.3, 0.4) is 0 Å². The van der Waals surface area contributed by atoms with E-state index in [1.165, 1.54) is 12.1 Å². The van der Waals surface area contributed by atoms with Gasteiger partial charge in [-0.3, -0.25) is 4.79 Å². The lowest BCUT2D eigenvalue weighted by atomic mass is 9.75. The van der Waals surface area contributed by atoms with Gasteiger partial charge in [-0.05, 0) is 55.7 Å². The maximum absolute atomic E-state index is 14.7. The lowest BCUT2D eigenvalue weighted by Crippen LogP contribution is -2.51. The smallest absolute Gasteiger partial charge is 0.243 e. The van der Waals surface area contributed by atoms with Gasteiger partial charge in [0.2, 0.25) is 15.9 Å². The van der Waals surface area contributed by atoms with Crippen LogP contribution in [-0.4, -0.2) is 48.3 Å². The fourth-order valence-corrected chi connectivity index (χ4v) is 6.77. The molecule has 1 heterocycles. The molecule has 184 valence electrons. The molecule has 5 nitrogen and oxygen atoms in total. The maximum Gasteiger partial charge on any atom is 0.243 e. The third-order valence-corrected chi connectivity index (χ3v) is 9.23. The Bertz CT molecular complexity index is 1090. The Labute approximate surface area is 203 Å². The molecule has 1 amide bonds. The molecule has 2 aromatic carbocycles. The topological polar surface area (TPSA) is 57.7 Å². The van der Waals surface area contributed by atoms with Crippen LogP contribution in [0, 0.1) is 12.3 Å². The van der Waals surface area contributed by atoms with E-state index in [0.717, 1.165) is 41.1 Å². The highest BCUT2D eigenvalue weighted by molar-refractivity contribution is 7.89. The molecule has 1 aliphatic carbocycles. The van der Waals surface area contributed by atoms with E-state index in [-0.39, 0.29) is 35.2 Å². The molecule has 2 aliphatic rings. The summed E-state index contributed by atoms with van der Waals surface area (Å²) in [5.74, 6) is -0.288. The second-order valence-electron chi connectivity index (χ2n) is 10.6. The first-order chi connectivity index (χ1) is 16.1. The van der Waals surface area contributed by atoms with Crippen molar-refractivity contribution in [2.45, 2.75) is 82.6 Å². The van der Waals surface area contributed by atoms with E-state index in [1.807, 2.05) is 42.2 Å². The predicted octanol–water partition coefficient (Wildman–Crippen LogP) is 5.09. The van der Waals surface area contributed by atoms with Gasteiger partial charge < -0.3 is 4.90 Å². The van der Waals surface area contributed by atoms with Gasteiger partial charge >= 0.3 is 0 Å². The van der Waals surface area contributed by atoms with E-state index in [0.29, 0.717) is 6.54 Å². The van der Waals surface area contributed by atoms with Crippen LogP contribution in [0.2, 0.25) is 0 Å². The summed E-state index contributed by atoms with van der Waals surface area (Å²) in [6.45, 7) is 6.48. The fourth-order valence-electron chi connectivity index (χ4n) is 5.15. The molecule has 2 fully saturated rings. The number of amides is 1. The lowest BCUT2D eigenvalue weighted by Gasteiger charge is -2.41. The highest BCUT2D eigenvalue weighted by Crippen LogP contribution is 2.38. The van der Waals surface area contributed by atoms with E-state index < -0.39 is 22.2 Å². The molecule has 1 saturated carbocycles. The normalized spacial score (nSPS) is 23.6. The molecule has 0 unspecified atom stereocenters. The average Bonchev–Trinajstić information content (AvgIpc) is 3.21. The zero-order valence-corrected chi connectivity index (χ0v) is 21.1. The molecule has 7 heteroatoms. The summed E-state index contributed by atoms with van der Waals surface area (Å²) >= 11 is 0. The lowest BCUT2D eigenvalue weighted by molar-refractivity contribution is -0.139. The minimum Gasteiger partial charge on any atom is -0.334 e. The largest absolute Gasteiger partial charge is 0.334 e. The Kier molecular flexibility index (Phi) is 7.15. The number of carbonyl (C=O) groups excluding carboxylic acids is 1. The Hall–Kier alpha value is -2.25. The van der Waals surface area contributed by atoms with Crippen molar-refractivity contribution in [1.82, 2.24) is 9.21 Å². The zero-order chi connectivity index (χ0) is 24.5. The molecule has 0 spiro atoms. The monoisotopic (exact) mass is 486 g/mol. The van der Waals surface area contributed by atoms with Gasteiger partial charge in [0.05, 0.1) is 4.90 Å². The SMILES string of the molecule is Cc1ccc(S(=O)(=O)N2C[C@@H](F)C[C@H]2C(=O)N(Cc2ccccc2)C2CCC(C)(C)CC2)cc1. The van der Waals surface area contributed by atoms with Gasteiger partial charge in [-0.15, -0.1) is 0 Å². The average molecular weight is 487 g/mol. The summed E-state index contributed by atoms with van der Waals surface area (Å²) in [4.78, 5) is 15.9. The van der Waals surface area contributed by atoms with Crippen molar-refractivity contribution < 1.29 is 17.6 Å². The van der Waals surface area contributed by atoms with Crippen molar-refractivity contribution in [1.29, 1.82) is 0 Å². The standard InChI is InChI=1S/C27H35FN2O3S/c1-20-9-11-24(12-10-20)34(32,33)30-19-22(28)17-25(30)26(31)29(18-21-7-5-4-6-8-21)23-13-15-27(2,3)16-14-23/h4-12,22-23,25H,13-19H2,1-3H3/t22-,25-/m0/s1. The van der Waals surface area contributed by atoms with Crippen LogP contribution >= 0.6 is 0 Å². The molecule has 0 radical (unpaired) electrons. The second-order valence-corrected chi connectivity index (χ2v) is 12.5. The number of hydrogen-bond donors (Lipinski definition) is 0. The highest BCUT2D eigenvalue weighted by Gasteiger charge is 2.47. The molecule has 1 aliphatic heterocycles. The summed E-state index contributed by atoms with van der Waals surface area (Å²) < 4.78 is 42.6. The van der Waals surface area contributed by atoms with Gasteiger partial charge in [0.15, 0.2) is 0 Å². The van der Waals surface area contributed by atoms with Crippen molar-refractivity contribution in [2.24, 2.45) is 5.41 Å². The van der Waals surface area contributed by atoms with Crippen LogP contribution in [-0.2, 0) is 21.4 Å². The molecule has 4 rings (SSSR count). The molecule has 0 aromatic heterocycles. The van der Waals surface area contributed by atoms with Crippen LogP contribution in [0.1, 0.15) is 57.1 Å². The van der Waals surface area contributed by atoms with Crippen molar-refractivity contribution >= 4 is 15.9 Å². The highest BCUT2D eigenvalue weighted by atomic mass is 32.2. The zero-order valence-electron chi connectivity index (χ0n) is 20.3. The van der Waals surface area contributed by atoms with Crippen LogP contribution in [0.25, 0.3) is 0 Å². The Balaban J connectivity index is 1.64. The van der Waals surface area contributed by atoms with Crippen LogP contribution in [0.4, 0.5) is 4.39 Å². The molecular formula is C27H35FN2O3S. The summed E-state index contributed by atoms with van der Waals surface area (Å²) in [6.07, 6.45) is 2.26. The molecule has 2 atom stereocenters. The van der Waals surface area contributed by atoms with Crippen molar-refractivity contribution in [3.8, 4) is 0 Å². The molecule has 1 saturated heterocycles. The van der Waals surface area contributed by atoms with E-state index in [1.54, 1.807) is 12.1 Å². The minimum atomic E-state index is -3.99. The van der Waals surface area contributed by atoms with E-state index >= 15 is 0 Å². The van der Waals surface area contributed by atoms with E-state index in [9.17, 15) is 17.6 Å². The summed E-state index contributed by atoms with van der Waals surface area (Å²) in [6, 6.07) is 15.2. The summed E-state index contributed by atoms with van der Waals surface area (Å²) in [5, 5.41) is 0.